The molecule has 1 aromatic carbocycles. The van der Waals surface area contributed by atoms with Crippen molar-refractivity contribution in [1.82, 2.24) is 0 Å². The van der Waals surface area contributed by atoms with E-state index in [1.807, 2.05) is 0 Å². The third-order valence-electron chi connectivity index (χ3n) is 1.70. The summed E-state index contributed by atoms with van der Waals surface area (Å²) >= 11 is 0. The monoisotopic (exact) mass is 181 g/mol. The van der Waals surface area contributed by atoms with Crippen molar-refractivity contribution in [1.29, 1.82) is 0 Å². The summed E-state index contributed by atoms with van der Waals surface area (Å²) in [5.41, 5.74) is 0.813. The van der Waals surface area contributed by atoms with Gasteiger partial charge in [-0.2, -0.15) is 4.91 Å². The third kappa shape index (κ3) is 2.18. The van der Waals surface area contributed by atoms with Crippen LogP contribution in [0, 0.1) is 4.91 Å². The molecule has 0 aromatic heterocycles. The lowest BCUT2D eigenvalue weighted by Gasteiger charge is -2.07. The summed E-state index contributed by atoms with van der Waals surface area (Å²) in [5, 5.41) is 2.79. The van der Waals surface area contributed by atoms with Crippen LogP contribution in [0.3, 0.4) is 0 Å². The molecule has 0 N–H and O–H groups in total. The highest BCUT2D eigenvalue weighted by atomic mass is 16.5. The molecule has 4 heteroatoms. The topological polar surface area (TPSA) is 47.9 Å². The summed E-state index contributed by atoms with van der Waals surface area (Å²) in [6.07, 6.45) is 0. The van der Waals surface area contributed by atoms with Crippen molar-refractivity contribution in [3.05, 3.63) is 28.7 Å². The molecule has 13 heavy (non-hydrogen) atoms. The zero-order valence-electron chi connectivity index (χ0n) is 7.61. The molecule has 0 aliphatic heterocycles. The zero-order valence-corrected chi connectivity index (χ0v) is 7.61. The Balaban J connectivity index is 2.98. The van der Waals surface area contributed by atoms with Gasteiger partial charge in [-0.1, -0.05) is 11.2 Å². The summed E-state index contributed by atoms with van der Waals surface area (Å²) in [5.74, 6) is 1.26. The average Bonchev–Trinajstić information content (AvgIpc) is 2.18. The maximum Gasteiger partial charge on any atom is 0.161 e. The predicted molar refractivity (Wildman–Crippen MR) is 49.0 cm³/mol. The lowest BCUT2D eigenvalue weighted by Crippen LogP contribution is -1.91. The fraction of sp³-hybridized carbons (Fsp3) is 0.333. The molecule has 0 heterocycles. The van der Waals surface area contributed by atoms with Crippen LogP contribution in [0.15, 0.2) is 23.4 Å². The van der Waals surface area contributed by atoms with Gasteiger partial charge in [0.2, 0.25) is 0 Å². The van der Waals surface area contributed by atoms with Gasteiger partial charge in [-0.15, -0.1) is 0 Å². The third-order valence-corrected chi connectivity index (χ3v) is 1.70. The van der Waals surface area contributed by atoms with E-state index in [9.17, 15) is 4.91 Å². The minimum atomic E-state index is 0.153. The number of benzene rings is 1. The molecule has 1 aromatic rings. The van der Waals surface area contributed by atoms with E-state index < -0.39 is 0 Å². The van der Waals surface area contributed by atoms with E-state index in [4.69, 9.17) is 9.47 Å². The smallest absolute Gasteiger partial charge is 0.161 e. The molecule has 0 saturated heterocycles. The molecular weight excluding hydrogens is 170 g/mol. The van der Waals surface area contributed by atoms with Gasteiger partial charge in [0.1, 0.15) is 6.54 Å². The second kappa shape index (κ2) is 4.45. The second-order valence-electron chi connectivity index (χ2n) is 2.48. The van der Waals surface area contributed by atoms with E-state index >= 15 is 0 Å². The first-order valence-electron chi connectivity index (χ1n) is 3.82. The largest absolute Gasteiger partial charge is 0.493 e. The number of hydrogen-bond acceptors (Lipinski definition) is 4. The summed E-state index contributed by atoms with van der Waals surface area (Å²) in [4.78, 5) is 10.0. The van der Waals surface area contributed by atoms with Crippen molar-refractivity contribution in [2.24, 2.45) is 5.18 Å². The van der Waals surface area contributed by atoms with Crippen LogP contribution in [0.25, 0.3) is 0 Å². The molecule has 0 atom stereocenters. The zero-order chi connectivity index (χ0) is 9.68. The summed E-state index contributed by atoms with van der Waals surface area (Å²) in [6, 6.07) is 5.27. The number of methoxy groups -OCH3 is 2. The summed E-state index contributed by atoms with van der Waals surface area (Å²) in [7, 11) is 3.12. The Labute approximate surface area is 76.4 Å². The SMILES string of the molecule is COc1ccc(CN=O)cc1OC. The minimum Gasteiger partial charge on any atom is -0.493 e. The number of nitroso groups, excluding NO2 is 1. The van der Waals surface area contributed by atoms with Crippen molar-refractivity contribution >= 4 is 0 Å². The Bertz CT molecular complexity index is 299. The first-order chi connectivity index (χ1) is 6.31. The van der Waals surface area contributed by atoms with Gasteiger partial charge in [0, 0.05) is 0 Å². The van der Waals surface area contributed by atoms with Gasteiger partial charge in [-0.25, -0.2) is 0 Å². The van der Waals surface area contributed by atoms with Crippen molar-refractivity contribution in [3.63, 3.8) is 0 Å². The molecule has 0 radical (unpaired) electrons. The molecule has 0 aliphatic rings. The quantitative estimate of drug-likeness (QED) is 0.667. The lowest BCUT2D eigenvalue weighted by atomic mass is 10.2. The molecule has 0 unspecified atom stereocenters. The minimum absolute atomic E-state index is 0.153. The maximum atomic E-state index is 10.0. The summed E-state index contributed by atoms with van der Waals surface area (Å²) in [6.45, 7) is 0.153. The van der Waals surface area contributed by atoms with E-state index in [0.29, 0.717) is 11.5 Å². The van der Waals surface area contributed by atoms with Crippen LogP contribution >= 0.6 is 0 Å². The number of ether oxygens (including phenoxy) is 2. The van der Waals surface area contributed by atoms with Crippen LogP contribution in [0.5, 0.6) is 11.5 Å². The molecule has 0 aliphatic carbocycles. The first kappa shape index (κ1) is 9.51. The van der Waals surface area contributed by atoms with Crippen LogP contribution in [-0.2, 0) is 6.54 Å². The Kier molecular flexibility index (Phi) is 3.25. The maximum absolute atomic E-state index is 10.0. The van der Waals surface area contributed by atoms with E-state index in [2.05, 4.69) is 5.18 Å². The van der Waals surface area contributed by atoms with Gasteiger partial charge in [-0.3, -0.25) is 0 Å². The fourth-order valence-electron chi connectivity index (χ4n) is 1.05. The predicted octanol–water partition coefficient (Wildman–Crippen LogP) is 1.97. The Hall–Kier alpha value is -1.58. The van der Waals surface area contributed by atoms with E-state index in [-0.39, 0.29) is 6.54 Å². The van der Waals surface area contributed by atoms with Crippen LogP contribution < -0.4 is 9.47 Å². The molecule has 4 nitrogen and oxygen atoms in total. The normalized spacial score (nSPS) is 9.38. The summed E-state index contributed by atoms with van der Waals surface area (Å²) < 4.78 is 10.1. The number of rotatable bonds is 4. The average molecular weight is 181 g/mol. The lowest BCUT2D eigenvalue weighted by molar-refractivity contribution is 0.354. The molecular formula is C9H11NO3. The first-order valence-corrected chi connectivity index (χ1v) is 3.82. The molecule has 70 valence electrons. The van der Waals surface area contributed by atoms with E-state index in [1.165, 1.54) is 0 Å². The molecule has 0 bridgehead atoms. The van der Waals surface area contributed by atoms with Gasteiger partial charge < -0.3 is 9.47 Å². The van der Waals surface area contributed by atoms with Crippen molar-refractivity contribution in [2.75, 3.05) is 14.2 Å². The van der Waals surface area contributed by atoms with Crippen LogP contribution in [0.1, 0.15) is 5.56 Å². The van der Waals surface area contributed by atoms with Gasteiger partial charge in [0.25, 0.3) is 0 Å². The highest BCUT2D eigenvalue weighted by molar-refractivity contribution is 5.42. The van der Waals surface area contributed by atoms with Crippen LogP contribution in [-0.4, -0.2) is 14.2 Å². The van der Waals surface area contributed by atoms with Gasteiger partial charge in [0.15, 0.2) is 11.5 Å². The van der Waals surface area contributed by atoms with Gasteiger partial charge in [0.05, 0.1) is 14.2 Å². The van der Waals surface area contributed by atoms with E-state index in [1.54, 1.807) is 32.4 Å². The Morgan fingerprint density at radius 2 is 1.92 bits per heavy atom. The number of nitrogens with zero attached hydrogens (tertiary/aromatic N) is 1. The van der Waals surface area contributed by atoms with Crippen molar-refractivity contribution in [2.45, 2.75) is 6.54 Å². The van der Waals surface area contributed by atoms with Gasteiger partial charge in [-0.05, 0) is 17.7 Å². The highest BCUT2D eigenvalue weighted by Gasteiger charge is 2.03. The Morgan fingerprint density at radius 1 is 1.23 bits per heavy atom. The van der Waals surface area contributed by atoms with Crippen LogP contribution in [0.4, 0.5) is 0 Å². The molecule has 0 spiro atoms. The van der Waals surface area contributed by atoms with E-state index in [0.717, 1.165) is 5.56 Å². The molecule has 0 saturated carbocycles. The van der Waals surface area contributed by atoms with Gasteiger partial charge >= 0.3 is 0 Å². The molecule has 0 amide bonds. The number of hydrogen-bond donors (Lipinski definition) is 0. The standard InChI is InChI=1S/C9H11NO3/c1-12-8-4-3-7(6-10-11)5-9(8)13-2/h3-5H,6H2,1-2H3. The Morgan fingerprint density at radius 3 is 2.46 bits per heavy atom. The van der Waals surface area contributed by atoms with Crippen molar-refractivity contribution in [3.8, 4) is 11.5 Å². The molecule has 1 rings (SSSR count). The fourth-order valence-corrected chi connectivity index (χ4v) is 1.05. The highest BCUT2D eigenvalue weighted by Crippen LogP contribution is 2.27. The van der Waals surface area contributed by atoms with Crippen LogP contribution in [0.2, 0.25) is 0 Å². The molecule has 0 fully saturated rings. The van der Waals surface area contributed by atoms with Crippen molar-refractivity contribution < 1.29 is 9.47 Å². The second-order valence-corrected chi connectivity index (χ2v) is 2.48.